The fourth-order valence-electron chi connectivity index (χ4n) is 2.27. The number of ether oxygens (including phenoxy) is 1. The summed E-state index contributed by atoms with van der Waals surface area (Å²) in [6.45, 7) is 8.02. The molecule has 6 nitrogen and oxygen atoms in total. The first-order valence-electron chi connectivity index (χ1n) is 6.83. The monoisotopic (exact) mass is 279 g/mol. The van der Waals surface area contributed by atoms with Crippen LogP contribution in [0.5, 0.6) is 0 Å². The van der Waals surface area contributed by atoms with E-state index in [1.165, 1.54) is 11.6 Å². The van der Waals surface area contributed by atoms with Crippen LogP contribution in [0, 0.1) is 0 Å². The Balaban J connectivity index is 2.12. The molecule has 20 heavy (non-hydrogen) atoms. The lowest BCUT2D eigenvalue weighted by Crippen LogP contribution is -2.48. The first-order chi connectivity index (χ1) is 9.37. The van der Waals surface area contributed by atoms with Gasteiger partial charge in [0.15, 0.2) is 0 Å². The molecule has 1 aliphatic heterocycles. The van der Waals surface area contributed by atoms with Crippen LogP contribution in [0.15, 0.2) is 17.1 Å². The molecular weight excluding hydrogens is 258 g/mol. The number of nitrogens with zero attached hydrogens (tertiary/aromatic N) is 3. The smallest absolute Gasteiger partial charge is 0.268 e. The predicted molar refractivity (Wildman–Crippen MR) is 76.0 cm³/mol. The average molecular weight is 279 g/mol. The third kappa shape index (κ3) is 3.66. The molecule has 0 radical (unpaired) electrons. The number of aromatic nitrogens is 2. The molecule has 0 amide bonds. The van der Waals surface area contributed by atoms with Crippen LogP contribution >= 0.6 is 0 Å². The Morgan fingerprint density at radius 3 is 2.85 bits per heavy atom. The molecule has 6 heteroatoms. The summed E-state index contributed by atoms with van der Waals surface area (Å²) in [5.74, 6) is 0.0534. The zero-order valence-electron chi connectivity index (χ0n) is 12.3. The number of ketones is 1. The van der Waals surface area contributed by atoms with Gasteiger partial charge in [0, 0.05) is 25.6 Å². The van der Waals surface area contributed by atoms with E-state index in [0.717, 1.165) is 18.8 Å². The van der Waals surface area contributed by atoms with Crippen molar-refractivity contribution in [1.82, 2.24) is 9.78 Å². The van der Waals surface area contributed by atoms with E-state index in [1.807, 2.05) is 13.8 Å². The van der Waals surface area contributed by atoms with Gasteiger partial charge in [0.1, 0.15) is 5.78 Å². The molecule has 2 rings (SSSR count). The average Bonchev–Trinajstić information content (AvgIpc) is 2.36. The molecular formula is C14H21N3O3. The van der Waals surface area contributed by atoms with Crippen molar-refractivity contribution in [2.24, 2.45) is 0 Å². The second-order valence-corrected chi connectivity index (χ2v) is 5.76. The molecule has 1 aromatic rings. The summed E-state index contributed by atoms with van der Waals surface area (Å²) in [5.41, 5.74) is 0.417. The Morgan fingerprint density at radius 1 is 1.50 bits per heavy atom. The van der Waals surface area contributed by atoms with Crippen LogP contribution in [0.2, 0.25) is 0 Å². The normalized spacial score (nSPS) is 18.1. The molecule has 0 saturated carbocycles. The van der Waals surface area contributed by atoms with Gasteiger partial charge in [0.2, 0.25) is 0 Å². The molecule has 0 aromatic carbocycles. The largest absolute Gasteiger partial charge is 0.372 e. The van der Waals surface area contributed by atoms with Crippen molar-refractivity contribution >= 4 is 11.5 Å². The SMILES string of the molecule is CC(=O)CCn1ncc(N2CCOC(C)(C)C2)cc1=O. The van der Waals surface area contributed by atoms with Crippen molar-refractivity contribution in [3.05, 3.63) is 22.6 Å². The van der Waals surface area contributed by atoms with E-state index in [0.29, 0.717) is 19.6 Å². The fraction of sp³-hybridized carbons (Fsp3) is 0.643. The number of rotatable bonds is 4. The number of anilines is 1. The highest BCUT2D eigenvalue weighted by atomic mass is 16.5. The van der Waals surface area contributed by atoms with E-state index in [2.05, 4.69) is 10.00 Å². The van der Waals surface area contributed by atoms with Crippen LogP contribution in [0.4, 0.5) is 5.69 Å². The summed E-state index contributed by atoms with van der Waals surface area (Å²) >= 11 is 0. The quantitative estimate of drug-likeness (QED) is 0.817. The summed E-state index contributed by atoms with van der Waals surface area (Å²) in [6.07, 6.45) is 2.01. The lowest BCUT2D eigenvalue weighted by Gasteiger charge is -2.39. The maximum Gasteiger partial charge on any atom is 0.268 e. The Labute approximate surface area is 118 Å². The topological polar surface area (TPSA) is 64.4 Å². The first-order valence-corrected chi connectivity index (χ1v) is 6.83. The van der Waals surface area contributed by atoms with Crippen molar-refractivity contribution in [2.75, 3.05) is 24.6 Å². The Morgan fingerprint density at radius 2 is 2.25 bits per heavy atom. The van der Waals surface area contributed by atoms with Crippen LogP contribution in [-0.2, 0) is 16.1 Å². The Bertz CT molecular complexity index is 551. The van der Waals surface area contributed by atoms with Gasteiger partial charge in [-0.05, 0) is 20.8 Å². The van der Waals surface area contributed by atoms with Crippen molar-refractivity contribution in [1.29, 1.82) is 0 Å². The number of carbonyl (C=O) groups is 1. The highest BCUT2D eigenvalue weighted by molar-refractivity contribution is 5.75. The third-order valence-electron chi connectivity index (χ3n) is 3.32. The molecule has 1 aliphatic rings. The van der Waals surface area contributed by atoms with Crippen molar-refractivity contribution in [3.8, 4) is 0 Å². The van der Waals surface area contributed by atoms with Gasteiger partial charge in [0.25, 0.3) is 5.56 Å². The van der Waals surface area contributed by atoms with Gasteiger partial charge in [0.05, 0.1) is 30.6 Å². The molecule has 1 fully saturated rings. The molecule has 0 unspecified atom stereocenters. The minimum absolute atomic E-state index is 0.0534. The number of carbonyl (C=O) groups excluding carboxylic acids is 1. The van der Waals surface area contributed by atoms with Crippen molar-refractivity contribution in [2.45, 2.75) is 39.3 Å². The summed E-state index contributed by atoms with van der Waals surface area (Å²) < 4.78 is 6.98. The van der Waals surface area contributed by atoms with E-state index >= 15 is 0 Å². The molecule has 0 aliphatic carbocycles. The van der Waals surface area contributed by atoms with Gasteiger partial charge in [-0.25, -0.2) is 4.68 Å². The van der Waals surface area contributed by atoms with Crippen molar-refractivity contribution < 1.29 is 9.53 Å². The van der Waals surface area contributed by atoms with E-state index in [1.54, 1.807) is 12.3 Å². The fourth-order valence-corrected chi connectivity index (χ4v) is 2.27. The van der Waals surface area contributed by atoms with Crippen LogP contribution < -0.4 is 10.5 Å². The van der Waals surface area contributed by atoms with Crippen LogP contribution in [-0.4, -0.2) is 40.9 Å². The van der Waals surface area contributed by atoms with Gasteiger partial charge >= 0.3 is 0 Å². The van der Waals surface area contributed by atoms with Crippen LogP contribution in [0.25, 0.3) is 0 Å². The van der Waals surface area contributed by atoms with Crippen molar-refractivity contribution in [3.63, 3.8) is 0 Å². The molecule has 0 spiro atoms. The van der Waals surface area contributed by atoms with Gasteiger partial charge in [-0.3, -0.25) is 9.59 Å². The lowest BCUT2D eigenvalue weighted by atomic mass is 10.1. The lowest BCUT2D eigenvalue weighted by molar-refractivity contribution is -0.117. The van der Waals surface area contributed by atoms with Gasteiger partial charge in [-0.15, -0.1) is 0 Å². The van der Waals surface area contributed by atoms with Crippen LogP contribution in [0.3, 0.4) is 0 Å². The maximum absolute atomic E-state index is 12.0. The third-order valence-corrected chi connectivity index (χ3v) is 3.32. The molecule has 1 saturated heterocycles. The predicted octanol–water partition coefficient (Wildman–Crippen LogP) is 0.838. The molecule has 0 bridgehead atoms. The van der Waals surface area contributed by atoms with Crippen LogP contribution in [0.1, 0.15) is 27.2 Å². The first kappa shape index (κ1) is 14.7. The highest BCUT2D eigenvalue weighted by Gasteiger charge is 2.27. The number of aryl methyl sites for hydroxylation is 1. The maximum atomic E-state index is 12.0. The second kappa shape index (κ2) is 5.75. The minimum Gasteiger partial charge on any atom is -0.372 e. The zero-order valence-corrected chi connectivity index (χ0v) is 12.3. The summed E-state index contributed by atoms with van der Waals surface area (Å²) in [5, 5.41) is 4.14. The summed E-state index contributed by atoms with van der Waals surface area (Å²) in [7, 11) is 0. The molecule has 0 N–H and O–H groups in total. The van der Waals surface area contributed by atoms with E-state index in [9.17, 15) is 9.59 Å². The molecule has 0 atom stereocenters. The summed E-state index contributed by atoms with van der Waals surface area (Å²) in [4.78, 5) is 25.0. The standard InChI is InChI=1S/C14H21N3O3/c1-11(18)4-5-17-13(19)8-12(9-15-17)16-6-7-20-14(2,3)10-16/h8-9H,4-7,10H2,1-3H3. The molecule has 110 valence electrons. The second-order valence-electron chi connectivity index (χ2n) is 5.76. The highest BCUT2D eigenvalue weighted by Crippen LogP contribution is 2.21. The zero-order chi connectivity index (χ0) is 14.8. The van der Waals surface area contributed by atoms with Gasteiger partial charge in [-0.1, -0.05) is 0 Å². The Hall–Kier alpha value is -1.69. The van der Waals surface area contributed by atoms with Gasteiger partial charge in [-0.2, -0.15) is 5.10 Å². The molecule has 2 heterocycles. The minimum atomic E-state index is -0.220. The number of morpholine rings is 1. The molecule has 1 aromatic heterocycles. The van der Waals surface area contributed by atoms with E-state index in [-0.39, 0.29) is 16.9 Å². The number of hydrogen-bond acceptors (Lipinski definition) is 5. The van der Waals surface area contributed by atoms with E-state index in [4.69, 9.17) is 4.74 Å². The summed E-state index contributed by atoms with van der Waals surface area (Å²) in [6, 6.07) is 1.58. The number of hydrogen-bond donors (Lipinski definition) is 0. The van der Waals surface area contributed by atoms with E-state index < -0.39 is 0 Å². The Kier molecular flexibility index (Phi) is 4.23. The number of Topliss-reactive ketones (excluding diaryl/α,β-unsaturated/α-hetero) is 1. The van der Waals surface area contributed by atoms with Gasteiger partial charge < -0.3 is 9.64 Å².